The molecule has 0 saturated carbocycles. The van der Waals surface area contributed by atoms with Gasteiger partial charge in [-0.3, -0.25) is 0 Å². The molecule has 2 heteroatoms. The Morgan fingerprint density at radius 1 is 0.418 bits per heavy atom. The quantitative estimate of drug-likeness (QED) is 0.177. The molecule has 11 rings (SSSR count). The normalized spacial score (nSPS) is 13.1. The summed E-state index contributed by atoms with van der Waals surface area (Å²) in [6.45, 7) is 4.72. The van der Waals surface area contributed by atoms with Gasteiger partial charge in [-0.1, -0.05) is 172 Å². The van der Waals surface area contributed by atoms with Gasteiger partial charge < -0.3 is 9.32 Å². The molecule has 0 radical (unpaired) electrons. The number of hydrogen-bond donors (Lipinski definition) is 0. The molecule has 0 bridgehead atoms. The van der Waals surface area contributed by atoms with Gasteiger partial charge in [0.05, 0.1) is 11.4 Å². The van der Waals surface area contributed by atoms with Gasteiger partial charge in [-0.2, -0.15) is 0 Å². The van der Waals surface area contributed by atoms with Gasteiger partial charge in [0.15, 0.2) is 0 Å². The molecule has 55 heavy (non-hydrogen) atoms. The molecular weight excluding hydrogens is 667 g/mol. The number of para-hydroxylation sites is 1. The first-order valence-corrected chi connectivity index (χ1v) is 19.1. The van der Waals surface area contributed by atoms with Gasteiger partial charge >= 0.3 is 0 Å². The second-order valence-electron chi connectivity index (χ2n) is 15.2. The number of furan rings is 1. The Balaban J connectivity index is 1.24. The van der Waals surface area contributed by atoms with Gasteiger partial charge in [0.25, 0.3) is 0 Å². The van der Waals surface area contributed by atoms with Crippen LogP contribution in [0.2, 0.25) is 0 Å². The summed E-state index contributed by atoms with van der Waals surface area (Å²) in [6, 6.07) is 68.4. The molecule has 2 nitrogen and oxygen atoms in total. The SMILES string of the molecule is CC1(C)c2ccccc2-c2ccc(N(c3ccccc3-c3ccccc3)c3cc4c(oc5cccc(-c6cccc7ccccc67)c54)c4ccccc34)cc21. The molecular formula is C53H37NO. The Morgan fingerprint density at radius 3 is 1.93 bits per heavy atom. The largest absolute Gasteiger partial charge is 0.455 e. The van der Waals surface area contributed by atoms with Gasteiger partial charge in [-0.25, -0.2) is 0 Å². The second-order valence-corrected chi connectivity index (χ2v) is 15.2. The molecule has 260 valence electrons. The van der Waals surface area contributed by atoms with E-state index >= 15 is 0 Å². The zero-order valence-electron chi connectivity index (χ0n) is 30.8. The number of fused-ring (bicyclic) bond motifs is 9. The first-order valence-electron chi connectivity index (χ1n) is 19.1. The summed E-state index contributed by atoms with van der Waals surface area (Å²) in [5, 5.41) is 6.90. The lowest BCUT2D eigenvalue weighted by molar-refractivity contribution is 0.660. The van der Waals surface area contributed by atoms with Crippen LogP contribution in [-0.2, 0) is 5.41 Å². The van der Waals surface area contributed by atoms with Crippen LogP contribution in [0.3, 0.4) is 0 Å². The van der Waals surface area contributed by atoms with Gasteiger partial charge in [0, 0.05) is 38.2 Å². The first-order chi connectivity index (χ1) is 27.1. The molecule has 0 aliphatic heterocycles. The number of hydrogen-bond acceptors (Lipinski definition) is 2. The molecule has 0 unspecified atom stereocenters. The van der Waals surface area contributed by atoms with Crippen molar-refractivity contribution in [2.75, 3.05) is 4.90 Å². The molecule has 0 atom stereocenters. The molecule has 0 spiro atoms. The maximum Gasteiger partial charge on any atom is 0.143 e. The van der Waals surface area contributed by atoms with Crippen molar-refractivity contribution in [2.24, 2.45) is 0 Å². The standard InChI is InChI=1S/C53H37NO/c1-53(2)46-27-12-10-22-40(46)41-31-30-36(32-47(41)53)54(48-28-13-11-21-38(48)35-16-4-3-5-17-35)49-33-45-51-43(39-25-14-19-34-18-6-7-20-37(34)39)26-15-29-50(51)55-52(45)44-24-9-8-23-42(44)49/h3-33H,1-2H3. The zero-order chi connectivity index (χ0) is 36.7. The van der Waals surface area contributed by atoms with Crippen LogP contribution in [-0.4, -0.2) is 0 Å². The van der Waals surface area contributed by atoms with E-state index in [1.165, 1.54) is 55.3 Å². The monoisotopic (exact) mass is 703 g/mol. The van der Waals surface area contributed by atoms with E-state index in [4.69, 9.17) is 4.42 Å². The van der Waals surface area contributed by atoms with E-state index < -0.39 is 0 Å². The summed E-state index contributed by atoms with van der Waals surface area (Å²) in [4.78, 5) is 2.49. The third-order valence-corrected chi connectivity index (χ3v) is 11.9. The number of rotatable bonds is 5. The van der Waals surface area contributed by atoms with E-state index in [2.05, 4.69) is 207 Å². The fourth-order valence-electron chi connectivity index (χ4n) is 9.27. The Kier molecular flexibility index (Phi) is 6.93. The van der Waals surface area contributed by atoms with Crippen LogP contribution >= 0.6 is 0 Å². The minimum atomic E-state index is -0.146. The maximum absolute atomic E-state index is 6.88. The van der Waals surface area contributed by atoms with Crippen molar-refractivity contribution in [3.05, 3.63) is 199 Å². The third kappa shape index (κ3) is 4.74. The summed E-state index contributed by atoms with van der Waals surface area (Å²) < 4.78 is 6.88. The lowest BCUT2D eigenvalue weighted by Gasteiger charge is -2.31. The Labute approximate surface area is 320 Å². The predicted octanol–water partition coefficient (Wildman–Crippen LogP) is 15.0. The van der Waals surface area contributed by atoms with Crippen molar-refractivity contribution in [3.63, 3.8) is 0 Å². The second kappa shape index (κ2) is 12.1. The summed E-state index contributed by atoms with van der Waals surface area (Å²) in [7, 11) is 0. The number of benzene rings is 9. The van der Waals surface area contributed by atoms with E-state index in [0.717, 1.165) is 49.8 Å². The molecule has 1 aliphatic carbocycles. The molecule has 1 aromatic heterocycles. The van der Waals surface area contributed by atoms with Crippen LogP contribution in [0.4, 0.5) is 17.1 Å². The summed E-state index contributed by atoms with van der Waals surface area (Å²) in [5.41, 5.74) is 15.0. The number of nitrogens with zero attached hydrogens (tertiary/aromatic N) is 1. The van der Waals surface area contributed by atoms with Crippen LogP contribution in [0.1, 0.15) is 25.0 Å². The van der Waals surface area contributed by atoms with E-state index in [1.807, 2.05) is 0 Å². The Hall–Kier alpha value is -6.90. The number of anilines is 3. The summed E-state index contributed by atoms with van der Waals surface area (Å²) in [6.07, 6.45) is 0. The lowest BCUT2D eigenvalue weighted by Crippen LogP contribution is -2.17. The predicted molar refractivity (Wildman–Crippen MR) is 232 cm³/mol. The Bertz CT molecular complexity index is 3130. The fraction of sp³-hybridized carbons (Fsp3) is 0.0566. The van der Waals surface area contributed by atoms with Crippen molar-refractivity contribution in [2.45, 2.75) is 19.3 Å². The van der Waals surface area contributed by atoms with E-state index in [1.54, 1.807) is 0 Å². The van der Waals surface area contributed by atoms with Gasteiger partial charge in [-0.05, 0) is 80.0 Å². The highest BCUT2D eigenvalue weighted by Crippen LogP contribution is 2.53. The lowest BCUT2D eigenvalue weighted by atomic mass is 9.82. The average molecular weight is 704 g/mol. The molecule has 0 saturated heterocycles. The molecule has 0 amide bonds. The van der Waals surface area contributed by atoms with Crippen molar-refractivity contribution >= 4 is 60.5 Å². The summed E-state index contributed by atoms with van der Waals surface area (Å²) >= 11 is 0. The molecule has 0 N–H and O–H groups in total. The highest BCUT2D eigenvalue weighted by Gasteiger charge is 2.36. The molecule has 10 aromatic rings. The molecule has 1 aliphatic rings. The summed E-state index contributed by atoms with van der Waals surface area (Å²) in [5.74, 6) is 0. The third-order valence-electron chi connectivity index (χ3n) is 11.9. The van der Waals surface area contributed by atoms with E-state index in [-0.39, 0.29) is 5.41 Å². The fourth-order valence-corrected chi connectivity index (χ4v) is 9.27. The van der Waals surface area contributed by atoms with Crippen LogP contribution in [0.25, 0.3) is 76.9 Å². The highest BCUT2D eigenvalue weighted by atomic mass is 16.3. The highest BCUT2D eigenvalue weighted by molar-refractivity contribution is 6.23. The van der Waals surface area contributed by atoms with Gasteiger partial charge in [0.1, 0.15) is 11.2 Å². The van der Waals surface area contributed by atoms with Crippen LogP contribution in [0.15, 0.2) is 192 Å². The average Bonchev–Trinajstić information content (AvgIpc) is 3.73. The smallest absolute Gasteiger partial charge is 0.143 e. The van der Waals surface area contributed by atoms with Crippen molar-refractivity contribution < 1.29 is 4.42 Å². The molecule has 9 aromatic carbocycles. The van der Waals surface area contributed by atoms with E-state index in [0.29, 0.717) is 0 Å². The minimum Gasteiger partial charge on any atom is -0.455 e. The van der Waals surface area contributed by atoms with Crippen molar-refractivity contribution in [1.29, 1.82) is 0 Å². The van der Waals surface area contributed by atoms with Crippen molar-refractivity contribution in [3.8, 4) is 33.4 Å². The van der Waals surface area contributed by atoms with Crippen LogP contribution in [0, 0.1) is 0 Å². The van der Waals surface area contributed by atoms with Gasteiger partial charge in [0.2, 0.25) is 0 Å². The zero-order valence-corrected chi connectivity index (χ0v) is 30.8. The molecule has 1 heterocycles. The Morgan fingerprint density at radius 2 is 1.05 bits per heavy atom. The van der Waals surface area contributed by atoms with E-state index in [9.17, 15) is 0 Å². The maximum atomic E-state index is 6.88. The first kappa shape index (κ1) is 31.6. The minimum absolute atomic E-state index is 0.146. The topological polar surface area (TPSA) is 16.4 Å². The van der Waals surface area contributed by atoms with Crippen LogP contribution in [0.5, 0.6) is 0 Å². The van der Waals surface area contributed by atoms with Crippen LogP contribution < -0.4 is 4.90 Å². The van der Waals surface area contributed by atoms with Crippen molar-refractivity contribution in [1.82, 2.24) is 0 Å². The van der Waals surface area contributed by atoms with Gasteiger partial charge in [-0.15, -0.1) is 0 Å². The molecule has 0 fully saturated rings.